The molecular weight excluding hydrogens is 368 g/mol. The molecule has 122 valence electrons. The van der Waals surface area contributed by atoms with Crippen molar-refractivity contribution in [3.63, 3.8) is 0 Å². The lowest BCUT2D eigenvalue weighted by atomic mass is 10.1. The highest BCUT2D eigenvalue weighted by Gasteiger charge is 2.33. The quantitative estimate of drug-likeness (QED) is 0.657. The minimum absolute atomic E-state index is 0.108. The van der Waals surface area contributed by atoms with Crippen LogP contribution in [0.5, 0.6) is 0 Å². The SMILES string of the molecule is O=C(Cc1noc2ccccc12)N(Cc1cccc(Br)c1)C1CC1. The zero-order valence-electron chi connectivity index (χ0n) is 13.1. The van der Waals surface area contributed by atoms with Crippen LogP contribution in [0.15, 0.2) is 57.5 Å². The number of hydrogen-bond acceptors (Lipinski definition) is 3. The molecule has 1 aromatic heterocycles. The van der Waals surface area contributed by atoms with Crippen molar-refractivity contribution in [2.45, 2.75) is 31.8 Å². The normalized spacial score (nSPS) is 14.0. The van der Waals surface area contributed by atoms with E-state index in [1.165, 1.54) is 0 Å². The van der Waals surface area contributed by atoms with E-state index in [9.17, 15) is 4.79 Å². The van der Waals surface area contributed by atoms with Gasteiger partial charge in [-0.3, -0.25) is 4.79 Å². The Bertz CT molecular complexity index is 886. The monoisotopic (exact) mass is 384 g/mol. The molecule has 4 nitrogen and oxygen atoms in total. The highest BCUT2D eigenvalue weighted by Crippen LogP contribution is 2.30. The molecule has 1 heterocycles. The van der Waals surface area contributed by atoms with Crippen LogP contribution in [0.4, 0.5) is 0 Å². The molecule has 1 aliphatic carbocycles. The van der Waals surface area contributed by atoms with Gasteiger partial charge in [0.05, 0.1) is 6.42 Å². The van der Waals surface area contributed by atoms with Gasteiger partial charge in [-0.25, -0.2) is 0 Å². The molecule has 0 aliphatic heterocycles. The van der Waals surface area contributed by atoms with Crippen LogP contribution in [0.2, 0.25) is 0 Å². The molecule has 2 aromatic carbocycles. The maximum atomic E-state index is 12.9. The topological polar surface area (TPSA) is 46.3 Å². The van der Waals surface area contributed by atoms with Crippen LogP contribution in [0.3, 0.4) is 0 Å². The number of rotatable bonds is 5. The molecule has 4 rings (SSSR count). The Hall–Kier alpha value is -2.14. The predicted octanol–water partition coefficient (Wildman–Crippen LogP) is 4.32. The fourth-order valence-electron chi connectivity index (χ4n) is 2.95. The Kier molecular flexibility index (Phi) is 4.10. The number of halogens is 1. The Morgan fingerprint density at radius 1 is 1.21 bits per heavy atom. The van der Waals surface area contributed by atoms with Crippen LogP contribution in [0, 0.1) is 0 Å². The minimum atomic E-state index is 0.108. The molecule has 0 N–H and O–H groups in total. The Balaban J connectivity index is 1.54. The summed E-state index contributed by atoms with van der Waals surface area (Å²) in [6.45, 7) is 0.638. The number of fused-ring (bicyclic) bond motifs is 1. The third-order valence-electron chi connectivity index (χ3n) is 4.32. The zero-order valence-corrected chi connectivity index (χ0v) is 14.7. The van der Waals surface area contributed by atoms with Gasteiger partial charge < -0.3 is 9.42 Å². The third kappa shape index (κ3) is 3.22. The lowest BCUT2D eigenvalue weighted by molar-refractivity contribution is -0.131. The predicted molar refractivity (Wildman–Crippen MR) is 95.4 cm³/mol. The van der Waals surface area contributed by atoms with Crippen molar-refractivity contribution in [3.05, 3.63) is 64.3 Å². The third-order valence-corrected chi connectivity index (χ3v) is 4.81. The highest BCUT2D eigenvalue weighted by atomic mass is 79.9. The molecule has 1 saturated carbocycles. The van der Waals surface area contributed by atoms with Gasteiger partial charge >= 0.3 is 0 Å². The van der Waals surface area contributed by atoms with E-state index >= 15 is 0 Å². The van der Waals surface area contributed by atoms with E-state index in [2.05, 4.69) is 33.2 Å². The second-order valence-electron chi connectivity index (χ2n) is 6.18. The summed E-state index contributed by atoms with van der Waals surface area (Å²) in [5.74, 6) is 0.108. The summed E-state index contributed by atoms with van der Waals surface area (Å²) in [6, 6.07) is 16.1. The van der Waals surface area contributed by atoms with E-state index < -0.39 is 0 Å². The van der Waals surface area contributed by atoms with Crippen molar-refractivity contribution in [1.29, 1.82) is 0 Å². The summed E-state index contributed by atoms with van der Waals surface area (Å²) in [7, 11) is 0. The van der Waals surface area contributed by atoms with Crippen LogP contribution in [-0.2, 0) is 17.8 Å². The fourth-order valence-corrected chi connectivity index (χ4v) is 3.40. The minimum Gasteiger partial charge on any atom is -0.356 e. The first-order valence-electron chi connectivity index (χ1n) is 8.08. The number of carbonyl (C=O) groups excluding carboxylic acids is 1. The molecule has 0 bridgehead atoms. The van der Waals surface area contributed by atoms with E-state index in [-0.39, 0.29) is 12.3 Å². The molecule has 0 unspecified atom stereocenters. The van der Waals surface area contributed by atoms with Crippen LogP contribution < -0.4 is 0 Å². The van der Waals surface area contributed by atoms with Crippen molar-refractivity contribution in [3.8, 4) is 0 Å². The summed E-state index contributed by atoms with van der Waals surface area (Å²) in [4.78, 5) is 14.8. The smallest absolute Gasteiger partial charge is 0.229 e. The number of benzene rings is 2. The maximum absolute atomic E-state index is 12.9. The van der Waals surface area contributed by atoms with Crippen molar-refractivity contribution in [2.24, 2.45) is 0 Å². The lowest BCUT2D eigenvalue weighted by Gasteiger charge is -2.22. The van der Waals surface area contributed by atoms with Crippen LogP contribution >= 0.6 is 15.9 Å². The molecule has 24 heavy (non-hydrogen) atoms. The van der Waals surface area contributed by atoms with Crippen LogP contribution in [0.1, 0.15) is 24.1 Å². The molecule has 0 spiro atoms. The number of hydrogen-bond donors (Lipinski definition) is 0. The molecule has 5 heteroatoms. The van der Waals surface area contributed by atoms with Gasteiger partial charge in [0, 0.05) is 22.4 Å². The van der Waals surface area contributed by atoms with Crippen molar-refractivity contribution in [2.75, 3.05) is 0 Å². The summed E-state index contributed by atoms with van der Waals surface area (Å²) >= 11 is 3.49. The summed E-state index contributed by atoms with van der Waals surface area (Å²) in [5.41, 5.74) is 2.58. The first kappa shape index (κ1) is 15.4. The molecule has 1 aliphatic rings. The lowest BCUT2D eigenvalue weighted by Crippen LogP contribution is -2.33. The number of amides is 1. The zero-order chi connectivity index (χ0) is 16.5. The van der Waals surface area contributed by atoms with Crippen molar-refractivity contribution in [1.82, 2.24) is 10.1 Å². The van der Waals surface area contributed by atoms with Gasteiger partial charge in [0.1, 0.15) is 5.69 Å². The Morgan fingerprint density at radius 3 is 2.83 bits per heavy atom. The summed E-state index contributed by atoms with van der Waals surface area (Å²) in [6.07, 6.45) is 2.44. The van der Waals surface area contributed by atoms with E-state index in [1.807, 2.05) is 41.3 Å². The fraction of sp³-hybridized carbons (Fsp3) is 0.263. The first-order valence-corrected chi connectivity index (χ1v) is 8.87. The standard InChI is InChI=1S/C19H17BrN2O2/c20-14-5-3-4-13(10-14)12-22(15-8-9-15)19(23)11-17-16-6-1-2-7-18(16)24-21-17/h1-7,10,15H,8-9,11-12H2. The van der Waals surface area contributed by atoms with Crippen molar-refractivity contribution >= 4 is 32.8 Å². The number of nitrogens with zero attached hydrogens (tertiary/aromatic N) is 2. The summed E-state index contributed by atoms with van der Waals surface area (Å²) in [5, 5.41) is 5.01. The molecule has 0 radical (unpaired) electrons. The molecule has 1 amide bonds. The second kappa shape index (κ2) is 6.40. The van der Waals surface area contributed by atoms with Gasteiger partial charge in [-0.1, -0.05) is 45.4 Å². The number of aromatic nitrogens is 1. The maximum Gasteiger partial charge on any atom is 0.229 e. The van der Waals surface area contributed by atoms with E-state index in [0.29, 0.717) is 12.6 Å². The molecule has 3 aromatic rings. The highest BCUT2D eigenvalue weighted by molar-refractivity contribution is 9.10. The molecular formula is C19H17BrN2O2. The van der Waals surface area contributed by atoms with Crippen LogP contribution in [-0.4, -0.2) is 22.0 Å². The van der Waals surface area contributed by atoms with Crippen LogP contribution in [0.25, 0.3) is 11.0 Å². The Morgan fingerprint density at radius 2 is 2.04 bits per heavy atom. The van der Waals surface area contributed by atoms with Gasteiger partial charge in [0.2, 0.25) is 5.91 Å². The van der Waals surface area contributed by atoms with Gasteiger partial charge in [0.15, 0.2) is 5.58 Å². The van der Waals surface area contributed by atoms with E-state index in [4.69, 9.17) is 4.52 Å². The largest absolute Gasteiger partial charge is 0.356 e. The average Bonchev–Trinajstić information content (AvgIpc) is 3.35. The average molecular weight is 385 g/mol. The Labute approximate surface area is 148 Å². The van der Waals surface area contributed by atoms with Gasteiger partial charge in [-0.2, -0.15) is 0 Å². The van der Waals surface area contributed by atoms with E-state index in [1.54, 1.807) is 0 Å². The van der Waals surface area contributed by atoms with Gasteiger partial charge in [0.25, 0.3) is 0 Å². The number of carbonyl (C=O) groups is 1. The molecule has 0 saturated heterocycles. The second-order valence-corrected chi connectivity index (χ2v) is 7.10. The van der Waals surface area contributed by atoms with Gasteiger partial charge in [-0.05, 0) is 42.7 Å². The number of para-hydroxylation sites is 1. The first-order chi connectivity index (χ1) is 11.7. The van der Waals surface area contributed by atoms with E-state index in [0.717, 1.165) is 39.5 Å². The van der Waals surface area contributed by atoms with Crippen molar-refractivity contribution < 1.29 is 9.32 Å². The molecule has 0 atom stereocenters. The summed E-state index contributed by atoms with van der Waals surface area (Å²) < 4.78 is 6.35. The van der Waals surface area contributed by atoms with Gasteiger partial charge in [-0.15, -0.1) is 0 Å². The molecule has 1 fully saturated rings.